The first-order valence-corrected chi connectivity index (χ1v) is 11.2. The Kier molecular flexibility index (Phi) is 7.32. The summed E-state index contributed by atoms with van der Waals surface area (Å²) in [6, 6.07) is 17.7. The van der Waals surface area contributed by atoms with E-state index in [1.54, 1.807) is 38.4 Å². The van der Waals surface area contributed by atoms with E-state index in [9.17, 15) is 17.6 Å². The fraction of sp³-hybridized carbons (Fsp3) is 0.174. The summed E-state index contributed by atoms with van der Waals surface area (Å²) in [6.45, 7) is 0.675. The lowest BCUT2D eigenvalue weighted by atomic mass is 10.2. The Morgan fingerprint density at radius 3 is 2.12 bits per heavy atom. The zero-order chi connectivity index (χ0) is 23.1. The molecular formula is C23H23FN2O5S. The molecule has 9 heteroatoms. The van der Waals surface area contributed by atoms with Crippen LogP contribution in [0.4, 0.5) is 10.1 Å². The third-order valence-electron chi connectivity index (χ3n) is 4.61. The first kappa shape index (κ1) is 23.1. The van der Waals surface area contributed by atoms with Gasteiger partial charge in [0.2, 0.25) is 0 Å². The topological polar surface area (TPSA) is 84.9 Å². The molecule has 3 rings (SSSR count). The Hall–Kier alpha value is -3.59. The molecule has 0 spiro atoms. The van der Waals surface area contributed by atoms with Crippen molar-refractivity contribution in [3.8, 4) is 11.5 Å². The van der Waals surface area contributed by atoms with Crippen LogP contribution >= 0.6 is 0 Å². The van der Waals surface area contributed by atoms with Crippen molar-refractivity contribution in [2.45, 2.75) is 4.90 Å². The van der Waals surface area contributed by atoms with Crippen molar-refractivity contribution in [1.82, 2.24) is 4.90 Å². The minimum atomic E-state index is -3.86. The van der Waals surface area contributed by atoms with Gasteiger partial charge < -0.3 is 14.4 Å². The van der Waals surface area contributed by atoms with Crippen LogP contribution in [0.25, 0.3) is 0 Å². The number of amides is 1. The highest BCUT2D eigenvalue weighted by atomic mass is 32.2. The molecule has 0 saturated heterocycles. The van der Waals surface area contributed by atoms with E-state index in [4.69, 9.17) is 9.47 Å². The molecule has 0 bridgehead atoms. The van der Waals surface area contributed by atoms with Gasteiger partial charge in [-0.2, -0.15) is 0 Å². The molecule has 0 heterocycles. The molecule has 1 N–H and O–H groups in total. The van der Waals surface area contributed by atoms with E-state index >= 15 is 0 Å². The first-order valence-electron chi connectivity index (χ1n) is 9.69. The largest absolute Gasteiger partial charge is 0.497 e. The molecule has 168 valence electrons. The van der Waals surface area contributed by atoms with E-state index < -0.39 is 15.8 Å². The van der Waals surface area contributed by atoms with Crippen molar-refractivity contribution in [3.63, 3.8) is 0 Å². The number of benzene rings is 3. The van der Waals surface area contributed by atoms with Crippen LogP contribution in [-0.4, -0.2) is 46.5 Å². The van der Waals surface area contributed by atoms with Gasteiger partial charge in [0.15, 0.2) is 0 Å². The molecule has 0 unspecified atom stereocenters. The quantitative estimate of drug-likeness (QED) is 0.528. The molecule has 32 heavy (non-hydrogen) atoms. The van der Waals surface area contributed by atoms with Crippen LogP contribution in [0.15, 0.2) is 77.7 Å². The highest BCUT2D eigenvalue weighted by Crippen LogP contribution is 2.19. The number of sulfonamides is 1. The van der Waals surface area contributed by atoms with Crippen molar-refractivity contribution in [1.29, 1.82) is 0 Å². The molecule has 0 radical (unpaired) electrons. The van der Waals surface area contributed by atoms with Crippen molar-refractivity contribution in [3.05, 3.63) is 84.2 Å². The van der Waals surface area contributed by atoms with Gasteiger partial charge in [0.1, 0.15) is 23.9 Å². The molecule has 0 aliphatic carbocycles. The number of nitrogens with one attached hydrogen (secondary N) is 1. The maximum atomic E-state index is 13.0. The maximum absolute atomic E-state index is 13.0. The molecule has 0 aliphatic heterocycles. The Morgan fingerprint density at radius 2 is 1.53 bits per heavy atom. The number of halogens is 1. The lowest BCUT2D eigenvalue weighted by molar-refractivity contribution is 0.0774. The Labute approximate surface area is 186 Å². The number of hydrogen-bond donors (Lipinski definition) is 1. The summed E-state index contributed by atoms with van der Waals surface area (Å²) in [6.07, 6.45) is 0. The van der Waals surface area contributed by atoms with Crippen LogP contribution in [0, 0.1) is 5.82 Å². The third kappa shape index (κ3) is 5.98. The van der Waals surface area contributed by atoms with Gasteiger partial charge in [-0.25, -0.2) is 12.8 Å². The van der Waals surface area contributed by atoms with Gasteiger partial charge in [0.25, 0.3) is 15.9 Å². The van der Waals surface area contributed by atoms with E-state index in [0.29, 0.717) is 24.5 Å². The smallest absolute Gasteiger partial charge is 0.261 e. The van der Waals surface area contributed by atoms with Gasteiger partial charge in [-0.3, -0.25) is 9.52 Å². The molecule has 1 amide bonds. The highest BCUT2D eigenvalue weighted by Gasteiger charge is 2.16. The van der Waals surface area contributed by atoms with E-state index in [1.165, 1.54) is 41.3 Å². The summed E-state index contributed by atoms with van der Waals surface area (Å²) in [5.41, 5.74) is 0.693. The normalized spacial score (nSPS) is 11.0. The van der Waals surface area contributed by atoms with Crippen LogP contribution in [0.2, 0.25) is 0 Å². The first-order chi connectivity index (χ1) is 15.3. The van der Waals surface area contributed by atoms with E-state index in [2.05, 4.69) is 4.72 Å². The van der Waals surface area contributed by atoms with Crippen LogP contribution in [0.1, 0.15) is 10.4 Å². The van der Waals surface area contributed by atoms with Gasteiger partial charge in [-0.1, -0.05) is 0 Å². The highest BCUT2D eigenvalue weighted by molar-refractivity contribution is 7.92. The lowest BCUT2D eigenvalue weighted by Gasteiger charge is -2.18. The van der Waals surface area contributed by atoms with Gasteiger partial charge in [-0.15, -0.1) is 0 Å². The molecule has 0 fully saturated rings. The van der Waals surface area contributed by atoms with Gasteiger partial charge in [0, 0.05) is 18.3 Å². The van der Waals surface area contributed by atoms with Crippen molar-refractivity contribution >= 4 is 21.6 Å². The van der Waals surface area contributed by atoms with Crippen LogP contribution < -0.4 is 14.2 Å². The predicted octanol–water partition coefficient (Wildman–Crippen LogP) is 3.79. The summed E-state index contributed by atoms with van der Waals surface area (Å²) in [5, 5.41) is 0. The fourth-order valence-electron chi connectivity index (χ4n) is 2.80. The van der Waals surface area contributed by atoms with Crippen molar-refractivity contribution < 1.29 is 27.1 Å². The SMILES string of the molecule is COc1ccc(OCCN(C)C(=O)c2ccc(NS(=O)(=O)c3ccc(F)cc3)cc2)cc1. The molecule has 3 aromatic carbocycles. The number of hydrogen-bond acceptors (Lipinski definition) is 5. The third-order valence-corrected chi connectivity index (χ3v) is 6.01. The van der Waals surface area contributed by atoms with Crippen LogP contribution in [-0.2, 0) is 10.0 Å². The average molecular weight is 459 g/mol. The van der Waals surface area contributed by atoms with E-state index in [1.807, 2.05) is 0 Å². The Bertz CT molecular complexity index is 1150. The zero-order valence-electron chi connectivity index (χ0n) is 17.6. The fourth-order valence-corrected chi connectivity index (χ4v) is 3.86. The predicted molar refractivity (Wildman–Crippen MR) is 119 cm³/mol. The number of likely N-dealkylation sites (N-methyl/N-ethyl adjacent to an activating group) is 1. The molecule has 0 aliphatic rings. The van der Waals surface area contributed by atoms with E-state index in [0.717, 1.165) is 17.9 Å². The zero-order valence-corrected chi connectivity index (χ0v) is 18.4. The standard InChI is InChI=1S/C23H23FN2O5S/c1-26(15-16-31-21-11-9-20(30-2)10-12-21)23(27)17-3-7-19(8-4-17)25-32(28,29)22-13-5-18(24)6-14-22/h3-14,25H,15-16H2,1-2H3. The van der Waals surface area contributed by atoms with Crippen molar-refractivity contribution in [2.75, 3.05) is 32.0 Å². The van der Waals surface area contributed by atoms with E-state index in [-0.39, 0.29) is 16.5 Å². The number of rotatable bonds is 9. The molecule has 0 atom stereocenters. The second-order valence-corrected chi connectivity index (χ2v) is 8.57. The van der Waals surface area contributed by atoms with Gasteiger partial charge >= 0.3 is 0 Å². The Balaban J connectivity index is 1.54. The Morgan fingerprint density at radius 1 is 0.938 bits per heavy atom. The number of carbonyl (C=O) groups is 1. The molecule has 3 aromatic rings. The second kappa shape index (κ2) is 10.1. The average Bonchev–Trinajstić information content (AvgIpc) is 2.79. The summed E-state index contributed by atoms with van der Waals surface area (Å²) in [7, 11) is -0.614. The van der Waals surface area contributed by atoms with Crippen LogP contribution in [0.5, 0.6) is 11.5 Å². The van der Waals surface area contributed by atoms with Crippen molar-refractivity contribution in [2.24, 2.45) is 0 Å². The minimum absolute atomic E-state index is 0.0596. The molecule has 0 saturated carbocycles. The van der Waals surface area contributed by atoms with Crippen LogP contribution in [0.3, 0.4) is 0 Å². The number of ether oxygens (including phenoxy) is 2. The second-order valence-electron chi connectivity index (χ2n) is 6.89. The van der Waals surface area contributed by atoms with Gasteiger partial charge in [0.05, 0.1) is 18.6 Å². The number of anilines is 1. The monoisotopic (exact) mass is 458 g/mol. The molecular weight excluding hydrogens is 435 g/mol. The summed E-state index contributed by atoms with van der Waals surface area (Å²) >= 11 is 0. The number of methoxy groups -OCH3 is 1. The molecule has 0 aromatic heterocycles. The maximum Gasteiger partial charge on any atom is 0.261 e. The lowest BCUT2D eigenvalue weighted by Crippen LogP contribution is -2.30. The number of nitrogens with zero attached hydrogens (tertiary/aromatic N) is 1. The summed E-state index contributed by atoms with van der Waals surface area (Å²) in [5.74, 6) is 0.652. The summed E-state index contributed by atoms with van der Waals surface area (Å²) < 4.78 is 50.9. The minimum Gasteiger partial charge on any atom is -0.497 e. The van der Waals surface area contributed by atoms with Gasteiger partial charge in [-0.05, 0) is 72.8 Å². The number of carbonyl (C=O) groups excluding carboxylic acids is 1. The molecule has 7 nitrogen and oxygen atoms in total. The summed E-state index contributed by atoms with van der Waals surface area (Å²) in [4.78, 5) is 14.1.